The maximum absolute atomic E-state index is 5.99. The molecule has 20 heavy (non-hydrogen) atoms. The van der Waals surface area contributed by atoms with E-state index in [2.05, 4.69) is 57.5 Å². The summed E-state index contributed by atoms with van der Waals surface area (Å²) in [6.07, 6.45) is 3.10. The van der Waals surface area contributed by atoms with Gasteiger partial charge in [-0.1, -0.05) is 13.0 Å². The van der Waals surface area contributed by atoms with E-state index in [-0.39, 0.29) is 5.54 Å². The van der Waals surface area contributed by atoms with Crippen molar-refractivity contribution in [2.45, 2.75) is 59.7 Å². The van der Waals surface area contributed by atoms with Crippen molar-refractivity contribution < 1.29 is 4.42 Å². The highest BCUT2D eigenvalue weighted by Gasteiger charge is 2.14. The number of hydrogen-bond donors (Lipinski definition) is 1. The lowest BCUT2D eigenvalue weighted by atomic mass is 10.1. The quantitative estimate of drug-likeness (QED) is 0.732. The molecule has 0 aliphatic heterocycles. The Hall–Kier alpha value is -1.06. The van der Waals surface area contributed by atoms with Crippen LogP contribution in [-0.4, -0.2) is 23.5 Å². The summed E-state index contributed by atoms with van der Waals surface area (Å²) >= 11 is 0. The Morgan fingerprint density at radius 2 is 2.10 bits per heavy atom. The van der Waals surface area contributed by atoms with E-state index in [1.807, 2.05) is 6.08 Å². The SMILES string of the molecule is C=CCN(CCC)Cc1cc(C)c(CNC(C)(C)C)o1. The van der Waals surface area contributed by atoms with Crippen molar-refractivity contribution in [1.29, 1.82) is 0 Å². The lowest BCUT2D eigenvalue weighted by Gasteiger charge is -2.20. The third-order valence-electron chi connectivity index (χ3n) is 3.16. The molecule has 0 radical (unpaired) electrons. The van der Waals surface area contributed by atoms with Crippen LogP contribution in [0.4, 0.5) is 0 Å². The third-order valence-corrected chi connectivity index (χ3v) is 3.16. The average Bonchev–Trinajstić information content (AvgIpc) is 2.67. The molecule has 0 fully saturated rings. The van der Waals surface area contributed by atoms with Crippen LogP contribution >= 0.6 is 0 Å². The molecule has 1 aromatic rings. The van der Waals surface area contributed by atoms with E-state index >= 15 is 0 Å². The summed E-state index contributed by atoms with van der Waals surface area (Å²) < 4.78 is 5.99. The Morgan fingerprint density at radius 1 is 1.40 bits per heavy atom. The predicted octanol–water partition coefficient (Wildman–Crippen LogP) is 3.87. The second kappa shape index (κ2) is 7.65. The Labute approximate surface area is 124 Å². The zero-order chi connectivity index (χ0) is 15.2. The zero-order valence-electron chi connectivity index (χ0n) is 13.8. The normalized spacial score (nSPS) is 12.1. The van der Waals surface area contributed by atoms with Gasteiger partial charge in [0, 0.05) is 12.1 Å². The zero-order valence-corrected chi connectivity index (χ0v) is 13.8. The molecule has 1 N–H and O–H groups in total. The van der Waals surface area contributed by atoms with Gasteiger partial charge in [0.05, 0.1) is 13.1 Å². The Bertz CT molecular complexity index is 415. The highest BCUT2D eigenvalue weighted by molar-refractivity contribution is 5.20. The van der Waals surface area contributed by atoms with Gasteiger partial charge in [-0.15, -0.1) is 6.58 Å². The maximum Gasteiger partial charge on any atom is 0.120 e. The van der Waals surface area contributed by atoms with Gasteiger partial charge in [-0.2, -0.15) is 0 Å². The van der Waals surface area contributed by atoms with Crippen LogP contribution in [0.15, 0.2) is 23.1 Å². The third kappa shape index (κ3) is 5.93. The summed E-state index contributed by atoms with van der Waals surface area (Å²) in [6, 6.07) is 2.16. The highest BCUT2D eigenvalue weighted by Crippen LogP contribution is 2.17. The predicted molar refractivity (Wildman–Crippen MR) is 85.8 cm³/mol. The van der Waals surface area contributed by atoms with E-state index < -0.39 is 0 Å². The molecule has 0 aliphatic rings. The molecule has 1 heterocycles. The highest BCUT2D eigenvalue weighted by atomic mass is 16.3. The second-order valence-electron chi connectivity index (χ2n) is 6.45. The first-order valence-corrected chi connectivity index (χ1v) is 7.52. The van der Waals surface area contributed by atoms with Crippen molar-refractivity contribution in [2.24, 2.45) is 0 Å². The topological polar surface area (TPSA) is 28.4 Å². The molecule has 3 heteroatoms. The van der Waals surface area contributed by atoms with E-state index in [0.717, 1.165) is 44.1 Å². The van der Waals surface area contributed by atoms with Gasteiger partial charge in [-0.25, -0.2) is 0 Å². The summed E-state index contributed by atoms with van der Waals surface area (Å²) in [7, 11) is 0. The molecule has 0 unspecified atom stereocenters. The Balaban J connectivity index is 2.65. The number of furan rings is 1. The number of aryl methyl sites for hydroxylation is 1. The lowest BCUT2D eigenvalue weighted by Crippen LogP contribution is -2.35. The molecular weight excluding hydrogens is 248 g/mol. The van der Waals surface area contributed by atoms with Crippen LogP contribution in [0.25, 0.3) is 0 Å². The molecule has 0 aliphatic carbocycles. The first-order valence-electron chi connectivity index (χ1n) is 7.52. The van der Waals surface area contributed by atoms with Crippen molar-refractivity contribution >= 4 is 0 Å². The summed E-state index contributed by atoms with van der Waals surface area (Å²) in [4.78, 5) is 2.35. The minimum absolute atomic E-state index is 0.108. The van der Waals surface area contributed by atoms with Gasteiger partial charge in [-0.3, -0.25) is 4.90 Å². The second-order valence-corrected chi connectivity index (χ2v) is 6.45. The molecular formula is C17H30N2O. The summed E-state index contributed by atoms with van der Waals surface area (Å²) in [6.45, 7) is 18.2. The molecule has 114 valence electrons. The molecule has 0 bridgehead atoms. The number of nitrogens with zero attached hydrogens (tertiary/aromatic N) is 1. The van der Waals surface area contributed by atoms with Gasteiger partial charge in [-0.05, 0) is 52.3 Å². The minimum Gasteiger partial charge on any atom is -0.463 e. The molecule has 1 aromatic heterocycles. The van der Waals surface area contributed by atoms with E-state index in [4.69, 9.17) is 4.42 Å². The summed E-state index contributed by atoms with van der Waals surface area (Å²) in [5.74, 6) is 2.09. The van der Waals surface area contributed by atoms with Crippen molar-refractivity contribution in [3.8, 4) is 0 Å². The van der Waals surface area contributed by atoms with Gasteiger partial charge >= 0.3 is 0 Å². The molecule has 0 spiro atoms. The summed E-state index contributed by atoms with van der Waals surface area (Å²) in [5, 5.41) is 3.47. The Morgan fingerprint density at radius 3 is 2.65 bits per heavy atom. The molecule has 3 nitrogen and oxygen atoms in total. The van der Waals surface area contributed by atoms with E-state index in [0.29, 0.717) is 0 Å². The first-order chi connectivity index (χ1) is 9.35. The van der Waals surface area contributed by atoms with E-state index in [9.17, 15) is 0 Å². The smallest absolute Gasteiger partial charge is 0.120 e. The minimum atomic E-state index is 0.108. The van der Waals surface area contributed by atoms with Crippen molar-refractivity contribution in [2.75, 3.05) is 13.1 Å². The maximum atomic E-state index is 5.99. The average molecular weight is 278 g/mol. The van der Waals surface area contributed by atoms with Crippen molar-refractivity contribution in [1.82, 2.24) is 10.2 Å². The van der Waals surface area contributed by atoms with Crippen LogP contribution in [-0.2, 0) is 13.1 Å². The van der Waals surface area contributed by atoms with Gasteiger partial charge in [0.25, 0.3) is 0 Å². The van der Waals surface area contributed by atoms with Crippen LogP contribution in [0.2, 0.25) is 0 Å². The van der Waals surface area contributed by atoms with Gasteiger partial charge in [0.1, 0.15) is 11.5 Å². The number of hydrogen-bond acceptors (Lipinski definition) is 3. The molecule has 1 rings (SSSR count). The lowest BCUT2D eigenvalue weighted by molar-refractivity contribution is 0.263. The molecule has 0 saturated heterocycles. The van der Waals surface area contributed by atoms with Crippen LogP contribution in [0, 0.1) is 6.92 Å². The summed E-state index contributed by atoms with van der Waals surface area (Å²) in [5.41, 5.74) is 1.34. The Kier molecular flexibility index (Phi) is 6.50. The van der Waals surface area contributed by atoms with Gasteiger partial charge < -0.3 is 9.73 Å². The standard InChI is InChI=1S/C17H30N2O/c1-7-9-19(10-8-2)13-15-11-14(3)16(20-15)12-18-17(4,5)6/h7,11,18H,1,8-10,12-13H2,2-6H3. The number of nitrogens with one attached hydrogen (secondary N) is 1. The molecule has 0 saturated carbocycles. The van der Waals surface area contributed by atoms with E-state index in [1.54, 1.807) is 0 Å². The van der Waals surface area contributed by atoms with Crippen molar-refractivity contribution in [3.63, 3.8) is 0 Å². The van der Waals surface area contributed by atoms with Gasteiger partial charge in [0.2, 0.25) is 0 Å². The van der Waals surface area contributed by atoms with E-state index in [1.165, 1.54) is 5.56 Å². The fourth-order valence-electron chi connectivity index (χ4n) is 2.14. The van der Waals surface area contributed by atoms with Crippen molar-refractivity contribution in [3.05, 3.63) is 35.8 Å². The first kappa shape index (κ1) is 17.0. The van der Waals surface area contributed by atoms with Crippen LogP contribution in [0.1, 0.15) is 51.2 Å². The van der Waals surface area contributed by atoms with Crippen LogP contribution in [0.5, 0.6) is 0 Å². The largest absolute Gasteiger partial charge is 0.463 e. The molecule has 0 amide bonds. The molecule has 0 atom stereocenters. The van der Waals surface area contributed by atoms with Crippen LogP contribution < -0.4 is 5.32 Å². The van der Waals surface area contributed by atoms with Gasteiger partial charge in [0.15, 0.2) is 0 Å². The number of rotatable bonds is 8. The molecule has 0 aromatic carbocycles. The fraction of sp³-hybridized carbons (Fsp3) is 0.647. The fourth-order valence-corrected chi connectivity index (χ4v) is 2.14. The monoisotopic (exact) mass is 278 g/mol. The van der Waals surface area contributed by atoms with Crippen LogP contribution in [0.3, 0.4) is 0 Å².